The van der Waals surface area contributed by atoms with Gasteiger partial charge in [0.1, 0.15) is 5.54 Å². The second-order valence-corrected chi connectivity index (χ2v) is 8.73. The van der Waals surface area contributed by atoms with Gasteiger partial charge in [-0.3, -0.25) is 0 Å². The fourth-order valence-electron chi connectivity index (χ4n) is 4.44. The Hall–Kier alpha value is -1.78. The summed E-state index contributed by atoms with van der Waals surface area (Å²) in [5, 5.41) is 1.76. The van der Waals surface area contributed by atoms with E-state index >= 15 is 0 Å². The Morgan fingerprint density at radius 2 is 1.93 bits per heavy atom. The first kappa shape index (κ1) is 19.5. The number of hydrogen-bond acceptors (Lipinski definition) is 3. The van der Waals surface area contributed by atoms with Crippen molar-refractivity contribution in [2.45, 2.75) is 51.5 Å². The summed E-state index contributed by atoms with van der Waals surface area (Å²) in [7, 11) is 0. The predicted molar refractivity (Wildman–Crippen MR) is 124 cm³/mol. The van der Waals surface area contributed by atoms with E-state index in [4.69, 9.17) is 21.6 Å². The number of anilines is 1. The van der Waals surface area contributed by atoms with Crippen LogP contribution in [0.25, 0.3) is 0 Å². The fourth-order valence-corrected chi connectivity index (χ4v) is 5.27. The Labute approximate surface area is 176 Å². The maximum atomic E-state index is 6.33. The number of amidine groups is 2. The molecule has 28 heavy (non-hydrogen) atoms. The van der Waals surface area contributed by atoms with E-state index in [9.17, 15) is 0 Å². The van der Waals surface area contributed by atoms with Gasteiger partial charge in [0.2, 0.25) is 0 Å². The number of halogens is 1. The number of benzene rings is 2. The highest BCUT2D eigenvalue weighted by Gasteiger charge is 2.50. The summed E-state index contributed by atoms with van der Waals surface area (Å²) in [6.07, 6.45) is 7.59. The van der Waals surface area contributed by atoms with E-state index in [1.54, 1.807) is 11.8 Å². The van der Waals surface area contributed by atoms with Crippen molar-refractivity contribution < 1.29 is 0 Å². The third-order valence-corrected chi connectivity index (χ3v) is 6.71. The first-order chi connectivity index (χ1) is 13.6. The van der Waals surface area contributed by atoms with Crippen LogP contribution < -0.4 is 4.90 Å². The highest BCUT2D eigenvalue weighted by atomic mass is 35.5. The molecule has 2 aromatic rings. The molecule has 0 bridgehead atoms. The average Bonchev–Trinajstić information content (AvgIpc) is 3.29. The van der Waals surface area contributed by atoms with E-state index < -0.39 is 0 Å². The van der Waals surface area contributed by atoms with Crippen molar-refractivity contribution in [2.24, 2.45) is 9.98 Å². The van der Waals surface area contributed by atoms with Crippen LogP contribution in [0, 0.1) is 6.92 Å². The third-order valence-electron chi connectivity index (χ3n) is 5.84. The van der Waals surface area contributed by atoms with Crippen molar-refractivity contribution in [2.75, 3.05) is 11.2 Å². The molecule has 1 fully saturated rings. The molecular formula is C23H26ClN3S. The van der Waals surface area contributed by atoms with Gasteiger partial charge in [-0.15, -0.1) is 0 Å². The van der Waals surface area contributed by atoms with E-state index in [2.05, 4.69) is 49.3 Å². The van der Waals surface area contributed by atoms with Gasteiger partial charge in [0.15, 0.2) is 11.0 Å². The molecule has 0 N–H and O–H groups in total. The summed E-state index contributed by atoms with van der Waals surface area (Å²) >= 11 is 8.01. The molecule has 0 aromatic heterocycles. The quantitative estimate of drug-likeness (QED) is 0.555. The van der Waals surface area contributed by atoms with Crippen LogP contribution >= 0.6 is 23.4 Å². The molecule has 0 radical (unpaired) electrons. The Kier molecular flexibility index (Phi) is 5.52. The van der Waals surface area contributed by atoms with Gasteiger partial charge in [-0.25, -0.2) is 9.98 Å². The van der Waals surface area contributed by atoms with Crippen LogP contribution in [-0.4, -0.2) is 22.8 Å². The third kappa shape index (κ3) is 3.27. The van der Waals surface area contributed by atoms with Crippen LogP contribution in [0.4, 0.5) is 11.4 Å². The molecule has 4 rings (SSSR count). The molecule has 1 aliphatic heterocycles. The topological polar surface area (TPSA) is 28.0 Å². The van der Waals surface area contributed by atoms with Gasteiger partial charge in [-0.2, -0.15) is 0 Å². The SMILES string of the molecule is CCc1cccc(C)c1N=C1N=C(SC)N(c2cccc(Cl)c2)C12CCCC2. The Morgan fingerprint density at radius 1 is 1.18 bits per heavy atom. The largest absolute Gasteiger partial charge is 0.307 e. The minimum Gasteiger partial charge on any atom is -0.307 e. The van der Waals surface area contributed by atoms with Gasteiger partial charge in [0.25, 0.3) is 0 Å². The zero-order valence-electron chi connectivity index (χ0n) is 16.7. The molecule has 1 heterocycles. The van der Waals surface area contributed by atoms with Crippen molar-refractivity contribution in [3.63, 3.8) is 0 Å². The van der Waals surface area contributed by atoms with Gasteiger partial charge in [-0.1, -0.05) is 67.4 Å². The number of nitrogens with zero attached hydrogens (tertiary/aromatic N) is 3. The van der Waals surface area contributed by atoms with Crippen molar-refractivity contribution in [1.82, 2.24) is 0 Å². The number of aliphatic imine (C=N–C) groups is 2. The number of para-hydroxylation sites is 1. The van der Waals surface area contributed by atoms with E-state index in [-0.39, 0.29) is 5.54 Å². The predicted octanol–water partition coefficient (Wildman–Crippen LogP) is 6.79. The molecule has 146 valence electrons. The summed E-state index contributed by atoms with van der Waals surface area (Å²) in [4.78, 5) is 12.6. The molecule has 3 nitrogen and oxygen atoms in total. The molecule has 0 unspecified atom stereocenters. The molecule has 5 heteroatoms. The summed E-state index contributed by atoms with van der Waals surface area (Å²) in [5.74, 6) is 0.957. The van der Waals surface area contributed by atoms with Crippen LogP contribution in [-0.2, 0) is 6.42 Å². The lowest BCUT2D eigenvalue weighted by atomic mass is 9.94. The maximum absolute atomic E-state index is 6.33. The second kappa shape index (κ2) is 7.92. The van der Waals surface area contributed by atoms with Crippen molar-refractivity contribution in [3.05, 3.63) is 58.6 Å². The Bertz CT molecular complexity index is 945. The minimum absolute atomic E-state index is 0.170. The molecule has 1 spiro atoms. The van der Waals surface area contributed by atoms with E-state index in [1.807, 2.05) is 18.2 Å². The molecular weight excluding hydrogens is 386 g/mol. The van der Waals surface area contributed by atoms with Crippen LogP contribution in [0.5, 0.6) is 0 Å². The number of hydrogen-bond donors (Lipinski definition) is 0. The molecule has 0 saturated heterocycles. The Balaban J connectivity index is 1.88. The van der Waals surface area contributed by atoms with Crippen molar-refractivity contribution in [1.29, 1.82) is 0 Å². The summed E-state index contributed by atoms with van der Waals surface area (Å²) in [6.45, 7) is 4.33. The van der Waals surface area contributed by atoms with Gasteiger partial charge in [-0.05, 0) is 61.8 Å². The summed E-state index contributed by atoms with van der Waals surface area (Å²) in [6, 6.07) is 14.6. The highest BCUT2D eigenvalue weighted by Crippen LogP contribution is 2.46. The molecule has 1 saturated carbocycles. The fraction of sp³-hybridized carbons (Fsp3) is 0.391. The van der Waals surface area contributed by atoms with Crippen LogP contribution in [0.1, 0.15) is 43.7 Å². The normalized spacial score (nSPS) is 19.6. The standard InChI is InChI=1S/C23H26ClN3S/c1-4-17-10-7-9-16(2)20(17)25-21-23(13-5-6-14-23)27(22(26-21)28-3)19-12-8-11-18(24)15-19/h7-12,15H,4-6,13-14H2,1-3H3. The molecule has 0 amide bonds. The molecule has 2 aromatic carbocycles. The van der Waals surface area contributed by atoms with Crippen molar-refractivity contribution in [3.8, 4) is 0 Å². The average molecular weight is 412 g/mol. The molecule has 2 aliphatic rings. The zero-order chi connectivity index (χ0) is 19.7. The van der Waals surface area contributed by atoms with Crippen molar-refractivity contribution >= 4 is 45.7 Å². The van der Waals surface area contributed by atoms with Gasteiger partial charge in [0.05, 0.1) is 5.69 Å². The van der Waals surface area contributed by atoms with Crippen LogP contribution in [0.15, 0.2) is 52.4 Å². The number of rotatable bonds is 3. The highest BCUT2D eigenvalue weighted by molar-refractivity contribution is 8.13. The summed E-state index contributed by atoms with van der Waals surface area (Å²) < 4.78 is 0. The molecule has 0 atom stereocenters. The lowest BCUT2D eigenvalue weighted by Gasteiger charge is -2.36. The first-order valence-electron chi connectivity index (χ1n) is 9.95. The van der Waals surface area contributed by atoms with E-state index in [1.165, 1.54) is 24.0 Å². The second-order valence-electron chi connectivity index (χ2n) is 7.52. The maximum Gasteiger partial charge on any atom is 0.170 e. The monoisotopic (exact) mass is 411 g/mol. The van der Waals surface area contributed by atoms with Crippen LogP contribution in [0.3, 0.4) is 0 Å². The lowest BCUT2D eigenvalue weighted by molar-refractivity contribution is 0.592. The van der Waals surface area contributed by atoms with E-state index in [0.29, 0.717) is 0 Å². The summed E-state index contributed by atoms with van der Waals surface area (Å²) in [5.41, 5.74) is 4.51. The van der Waals surface area contributed by atoms with Gasteiger partial charge in [0, 0.05) is 10.7 Å². The zero-order valence-corrected chi connectivity index (χ0v) is 18.3. The Morgan fingerprint density at radius 3 is 2.61 bits per heavy atom. The smallest absolute Gasteiger partial charge is 0.170 e. The lowest BCUT2D eigenvalue weighted by Crippen LogP contribution is -2.49. The number of aryl methyl sites for hydroxylation is 2. The minimum atomic E-state index is -0.170. The van der Waals surface area contributed by atoms with Crippen LogP contribution in [0.2, 0.25) is 5.02 Å². The van der Waals surface area contributed by atoms with Gasteiger partial charge >= 0.3 is 0 Å². The van der Waals surface area contributed by atoms with E-state index in [0.717, 1.165) is 46.7 Å². The number of thioether (sulfide) groups is 1. The first-order valence-corrected chi connectivity index (χ1v) is 11.6. The van der Waals surface area contributed by atoms with Gasteiger partial charge < -0.3 is 4.90 Å². The molecule has 1 aliphatic carbocycles.